The van der Waals surface area contributed by atoms with Crippen molar-refractivity contribution in [3.05, 3.63) is 22.4 Å². The molecule has 0 spiro atoms. The van der Waals surface area contributed by atoms with E-state index in [1.807, 2.05) is 18.4 Å². The van der Waals surface area contributed by atoms with Crippen LogP contribution in [0.2, 0.25) is 0 Å². The number of aryl methyl sites for hydroxylation is 1. The summed E-state index contributed by atoms with van der Waals surface area (Å²) in [5.74, 6) is 0. The van der Waals surface area contributed by atoms with Crippen molar-refractivity contribution in [2.45, 2.75) is 56.6 Å². The lowest BCUT2D eigenvalue weighted by Crippen LogP contribution is -2.50. The van der Waals surface area contributed by atoms with Crippen LogP contribution in [-0.4, -0.2) is 18.8 Å². The van der Waals surface area contributed by atoms with E-state index in [-0.39, 0.29) is 11.6 Å². The van der Waals surface area contributed by atoms with Crippen LogP contribution in [0.5, 0.6) is 0 Å². The van der Waals surface area contributed by atoms with Crippen molar-refractivity contribution in [2.24, 2.45) is 5.73 Å². The van der Waals surface area contributed by atoms with Gasteiger partial charge in [-0.3, -0.25) is 0 Å². The minimum absolute atomic E-state index is 0.0461. The van der Waals surface area contributed by atoms with E-state index in [0.29, 0.717) is 0 Å². The monoisotopic (exact) mass is 253 g/mol. The standard InChI is InChI=1S/C14H23NOS/c1-16-14(9-3-2-4-10-14)13(15)8-7-12-6-5-11-17-12/h5-6,11,13H,2-4,7-10,15H2,1H3. The van der Waals surface area contributed by atoms with Gasteiger partial charge in [0, 0.05) is 18.0 Å². The third-order valence-electron chi connectivity index (χ3n) is 4.06. The number of methoxy groups -OCH3 is 1. The van der Waals surface area contributed by atoms with Crippen LogP contribution in [0, 0.1) is 0 Å². The summed E-state index contributed by atoms with van der Waals surface area (Å²) < 4.78 is 5.79. The van der Waals surface area contributed by atoms with Crippen LogP contribution in [0.1, 0.15) is 43.4 Å². The summed E-state index contributed by atoms with van der Waals surface area (Å²) in [6.07, 6.45) is 8.26. The van der Waals surface area contributed by atoms with Crippen LogP contribution in [0.4, 0.5) is 0 Å². The molecule has 1 unspecified atom stereocenters. The van der Waals surface area contributed by atoms with Gasteiger partial charge in [-0.2, -0.15) is 0 Å². The van der Waals surface area contributed by atoms with Crippen LogP contribution < -0.4 is 5.73 Å². The summed E-state index contributed by atoms with van der Waals surface area (Å²) in [4.78, 5) is 1.43. The lowest BCUT2D eigenvalue weighted by molar-refractivity contribution is -0.0599. The first-order valence-electron chi connectivity index (χ1n) is 6.60. The molecule has 2 nitrogen and oxygen atoms in total. The molecule has 17 heavy (non-hydrogen) atoms. The molecule has 0 aromatic carbocycles. The molecule has 1 aromatic rings. The van der Waals surface area contributed by atoms with Crippen molar-refractivity contribution in [1.82, 2.24) is 0 Å². The Labute approximate surface area is 108 Å². The zero-order chi connectivity index (χ0) is 12.1. The largest absolute Gasteiger partial charge is 0.377 e. The Morgan fingerprint density at radius 3 is 2.76 bits per heavy atom. The first kappa shape index (κ1) is 13.1. The van der Waals surface area contributed by atoms with Gasteiger partial charge in [0.25, 0.3) is 0 Å². The number of nitrogens with two attached hydrogens (primary N) is 1. The van der Waals surface area contributed by atoms with Crippen LogP contribution in [0.15, 0.2) is 17.5 Å². The highest BCUT2D eigenvalue weighted by molar-refractivity contribution is 7.09. The van der Waals surface area contributed by atoms with Gasteiger partial charge in [0.15, 0.2) is 0 Å². The number of rotatable bonds is 5. The van der Waals surface area contributed by atoms with Crippen LogP contribution in [-0.2, 0) is 11.2 Å². The predicted octanol–water partition coefficient (Wildman–Crippen LogP) is 3.36. The van der Waals surface area contributed by atoms with Crippen LogP contribution in [0.3, 0.4) is 0 Å². The highest BCUT2D eigenvalue weighted by Crippen LogP contribution is 2.34. The molecule has 0 amide bonds. The molecule has 0 saturated heterocycles. The third-order valence-corrected chi connectivity index (χ3v) is 5.00. The highest BCUT2D eigenvalue weighted by atomic mass is 32.1. The van der Waals surface area contributed by atoms with Gasteiger partial charge in [-0.1, -0.05) is 25.3 Å². The third kappa shape index (κ3) is 3.09. The topological polar surface area (TPSA) is 35.2 Å². The fraction of sp³-hybridized carbons (Fsp3) is 0.714. The molecule has 1 atom stereocenters. The zero-order valence-electron chi connectivity index (χ0n) is 10.7. The Hall–Kier alpha value is -0.380. The Morgan fingerprint density at radius 1 is 1.41 bits per heavy atom. The molecule has 1 fully saturated rings. The van der Waals surface area contributed by atoms with Crippen molar-refractivity contribution in [2.75, 3.05) is 7.11 Å². The van der Waals surface area contributed by atoms with Crippen molar-refractivity contribution < 1.29 is 4.74 Å². The number of hydrogen-bond acceptors (Lipinski definition) is 3. The van der Waals surface area contributed by atoms with Crippen LogP contribution >= 0.6 is 11.3 Å². The van der Waals surface area contributed by atoms with Gasteiger partial charge >= 0.3 is 0 Å². The number of ether oxygens (including phenoxy) is 1. The number of thiophene rings is 1. The molecular formula is C14H23NOS. The second-order valence-electron chi connectivity index (χ2n) is 5.05. The van der Waals surface area contributed by atoms with Gasteiger partial charge in [-0.15, -0.1) is 11.3 Å². The summed E-state index contributed by atoms with van der Waals surface area (Å²) >= 11 is 1.82. The molecule has 0 radical (unpaired) electrons. The molecular weight excluding hydrogens is 230 g/mol. The maximum atomic E-state index is 6.39. The molecule has 0 bridgehead atoms. The fourth-order valence-corrected chi connectivity index (χ4v) is 3.62. The van der Waals surface area contributed by atoms with Crippen molar-refractivity contribution in [3.63, 3.8) is 0 Å². The molecule has 1 aliphatic carbocycles. The second-order valence-corrected chi connectivity index (χ2v) is 6.09. The van der Waals surface area contributed by atoms with Gasteiger partial charge in [0.1, 0.15) is 0 Å². The average Bonchev–Trinajstić information content (AvgIpc) is 2.90. The molecule has 1 aliphatic rings. The Morgan fingerprint density at radius 2 is 2.18 bits per heavy atom. The van der Waals surface area contributed by atoms with E-state index >= 15 is 0 Å². The lowest BCUT2D eigenvalue weighted by Gasteiger charge is -2.40. The molecule has 2 N–H and O–H groups in total. The number of hydrogen-bond donors (Lipinski definition) is 1. The summed E-state index contributed by atoms with van der Waals surface area (Å²) in [6.45, 7) is 0. The van der Waals surface area contributed by atoms with Crippen molar-refractivity contribution in [3.8, 4) is 0 Å². The Kier molecular flexibility index (Phi) is 4.60. The van der Waals surface area contributed by atoms with Crippen molar-refractivity contribution >= 4 is 11.3 Å². The summed E-state index contributed by atoms with van der Waals surface area (Å²) in [6, 6.07) is 4.48. The van der Waals surface area contributed by atoms with Gasteiger partial charge in [0.05, 0.1) is 5.60 Å². The van der Waals surface area contributed by atoms with Gasteiger partial charge in [-0.25, -0.2) is 0 Å². The highest BCUT2D eigenvalue weighted by Gasteiger charge is 2.37. The minimum atomic E-state index is -0.0461. The van der Waals surface area contributed by atoms with Gasteiger partial charge < -0.3 is 10.5 Å². The molecule has 1 heterocycles. The summed E-state index contributed by atoms with van der Waals surface area (Å²) in [5, 5.41) is 2.13. The SMILES string of the molecule is COC1(C(N)CCc2cccs2)CCCCC1. The van der Waals surface area contributed by atoms with E-state index < -0.39 is 0 Å². The molecule has 0 aliphatic heterocycles. The normalized spacial score (nSPS) is 21.3. The van der Waals surface area contributed by atoms with E-state index in [2.05, 4.69) is 17.5 Å². The van der Waals surface area contributed by atoms with Gasteiger partial charge in [0.2, 0.25) is 0 Å². The summed E-state index contributed by atoms with van der Waals surface area (Å²) in [5.41, 5.74) is 6.34. The zero-order valence-corrected chi connectivity index (χ0v) is 11.5. The van der Waals surface area contributed by atoms with Crippen LogP contribution in [0.25, 0.3) is 0 Å². The first-order chi connectivity index (χ1) is 8.27. The Bertz CT molecular complexity index is 317. The first-order valence-corrected chi connectivity index (χ1v) is 7.48. The van der Waals surface area contributed by atoms with Crippen molar-refractivity contribution in [1.29, 1.82) is 0 Å². The van der Waals surface area contributed by atoms with E-state index in [4.69, 9.17) is 10.5 Å². The smallest absolute Gasteiger partial charge is 0.0828 e. The minimum Gasteiger partial charge on any atom is -0.377 e. The fourth-order valence-electron chi connectivity index (χ4n) is 2.89. The maximum absolute atomic E-state index is 6.39. The van der Waals surface area contributed by atoms with E-state index in [9.17, 15) is 0 Å². The van der Waals surface area contributed by atoms with E-state index in [1.165, 1.54) is 24.1 Å². The second kappa shape index (κ2) is 5.98. The molecule has 2 rings (SSSR count). The Balaban J connectivity index is 1.90. The van der Waals surface area contributed by atoms with E-state index in [1.54, 1.807) is 0 Å². The molecule has 96 valence electrons. The quantitative estimate of drug-likeness (QED) is 0.873. The lowest BCUT2D eigenvalue weighted by atomic mass is 9.78. The molecule has 1 saturated carbocycles. The maximum Gasteiger partial charge on any atom is 0.0828 e. The van der Waals surface area contributed by atoms with Gasteiger partial charge in [-0.05, 0) is 37.1 Å². The molecule has 1 aromatic heterocycles. The van der Waals surface area contributed by atoms with E-state index in [0.717, 1.165) is 25.7 Å². The summed E-state index contributed by atoms with van der Waals surface area (Å²) in [7, 11) is 1.83. The molecule has 3 heteroatoms. The predicted molar refractivity (Wildman–Crippen MR) is 73.4 cm³/mol. The average molecular weight is 253 g/mol.